The van der Waals surface area contributed by atoms with E-state index in [4.69, 9.17) is 0 Å². The third kappa shape index (κ3) is 3.02. The van der Waals surface area contributed by atoms with E-state index in [1.165, 1.54) is 63.6 Å². The van der Waals surface area contributed by atoms with Gasteiger partial charge in [-0.05, 0) is 79.2 Å². The van der Waals surface area contributed by atoms with Crippen LogP contribution in [0.5, 0.6) is 0 Å². The van der Waals surface area contributed by atoms with Crippen LogP contribution in [0.3, 0.4) is 0 Å². The molecule has 0 unspecified atom stereocenters. The second kappa shape index (κ2) is 8.00. The molecule has 1 aliphatic heterocycles. The molecular weight excluding hydrogens is 501 g/mol. The highest BCUT2D eigenvalue weighted by Crippen LogP contribution is 2.67. The summed E-state index contributed by atoms with van der Waals surface area (Å²) >= 11 is 1.87. The Morgan fingerprint density at radius 3 is 1.95 bits per heavy atom. The molecule has 0 aliphatic carbocycles. The third-order valence-corrected chi connectivity index (χ3v) is 11.9. The second-order valence-electron chi connectivity index (χ2n) is 10.3. The van der Waals surface area contributed by atoms with E-state index in [-0.39, 0.29) is 0 Å². The molecule has 0 saturated carbocycles. The molecule has 0 atom stereocenters. The number of hydrogen-bond donors (Lipinski definition) is 0. The van der Waals surface area contributed by atoms with Crippen LogP contribution in [0.2, 0.25) is 0 Å². The van der Waals surface area contributed by atoms with E-state index in [1.807, 2.05) is 11.3 Å². The zero-order valence-electron chi connectivity index (χ0n) is 21.3. The van der Waals surface area contributed by atoms with E-state index in [0.717, 1.165) is 0 Å². The number of fused-ring (bicyclic) bond motifs is 7. The molecule has 184 valence electrons. The van der Waals surface area contributed by atoms with Gasteiger partial charge in [-0.15, -0.1) is 11.3 Å². The molecule has 7 aromatic rings. The minimum atomic E-state index is -1.09. The van der Waals surface area contributed by atoms with Crippen LogP contribution in [0.25, 0.3) is 36.8 Å². The summed E-state index contributed by atoms with van der Waals surface area (Å²) < 4.78 is 5.03. The highest BCUT2D eigenvalue weighted by atomic mass is 32.3. The SMILES string of the molecule is CS1(C)c2ccccc2N(c2ccc(-n3ccc4ccc5sc6ccccc6c5c43)cc2)c2ccccc21. The maximum atomic E-state index is 2.44. The van der Waals surface area contributed by atoms with Crippen molar-refractivity contribution in [3.8, 4) is 5.69 Å². The third-order valence-electron chi connectivity index (χ3n) is 7.89. The number of anilines is 3. The van der Waals surface area contributed by atoms with Crippen LogP contribution < -0.4 is 4.90 Å². The summed E-state index contributed by atoms with van der Waals surface area (Å²) in [5.74, 6) is 0. The zero-order chi connectivity index (χ0) is 25.4. The summed E-state index contributed by atoms with van der Waals surface area (Å²) in [5, 5.41) is 3.96. The summed E-state index contributed by atoms with van der Waals surface area (Å²) in [6.45, 7) is 0. The number of benzene rings is 5. The van der Waals surface area contributed by atoms with Crippen molar-refractivity contribution in [2.24, 2.45) is 0 Å². The predicted molar refractivity (Wildman–Crippen MR) is 167 cm³/mol. The monoisotopic (exact) mass is 526 g/mol. The number of hydrogen-bond acceptors (Lipinski definition) is 2. The van der Waals surface area contributed by atoms with Crippen LogP contribution >= 0.6 is 21.4 Å². The lowest BCUT2D eigenvalue weighted by Gasteiger charge is -2.45. The highest BCUT2D eigenvalue weighted by Gasteiger charge is 2.33. The Labute approximate surface area is 227 Å². The average Bonchev–Trinajstić information content (AvgIpc) is 3.55. The number of thiophene rings is 1. The Bertz CT molecular complexity index is 1960. The van der Waals surface area contributed by atoms with Gasteiger partial charge in [0.05, 0.1) is 16.9 Å². The van der Waals surface area contributed by atoms with E-state index in [0.29, 0.717) is 0 Å². The zero-order valence-corrected chi connectivity index (χ0v) is 22.9. The first-order valence-corrected chi connectivity index (χ1v) is 16.1. The first-order chi connectivity index (χ1) is 18.6. The summed E-state index contributed by atoms with van der Waals surface area (Å²) in [6.07, 6.45) is 7.04. The molecule has 0 amide bonds. The molecule has 8 rings (SSSR count). The van der Waals surface area contributed by atoms with Crippen LogP contribution in [-0.2, 0) is 0 Å². The van der Waals surface area contributed by atoms with Crippen molar-refractivity contribution in [2.45, 2.75) is 9.79 Å². The molecule has 3 heterocycles. The summed E-state index contributed by atoms with van der Waals surface area (Å²) in [5.41, 5.74) is 6.22. The summed E-state index contributed by atoms with van der Waals surface area (Å²) in [4.78, 5) is 5.31. The van der Waals surface area contributed by atoms with E-state index >= 15 is 0 Å². The smallest absolute Gasteiger partial charge is 0.0621 e. The number of para-hydroxylation sites is 2. The molecular formula is C34H26N2S2. The summed E-state index contributed by atoms with van der Waals surface area (Å²) in [6, 6.07) is 42.4. The minimum absolute atomic E-state index is 1.09. The van der Waals surface area contributed by atoms with E-state index in [1.54, 1.807) is 0 Å². The van der Waals surface area contributed by atoms with Crippen molar-refractivity contribution < 1.29 is 0 Å². The Kier molecular flexibility index (Phi) is 4.64. The predicted octanol–water partition coefficient (Wildman–Crippen LogP) is 10.3. The Morgan fingerprint density at radius 1 is 0.579 bits per heavy atom. The lowest BCUT2D eigenvalue weighted by Crippen LogP contribution is -2.19. The van der Waals surface area contributed by atoms with Crippen molar-refractivity contribution in [1.82, 2.24) is 4.57 Å². The van der Waals surface area contributed by atoms with Gasteiger partial charge < -0.3 is 9.47 Å². The molecule has 0 spiro atoms. The largest absolute Gasteiger partial charge is 0.316 e. The normalized spacial score (nSPS) is 15.1. The van der Waals surface area contributed by atoms with Crippen molar-refractivity contribution in [2.75, 3.05) is 17.4 Å². The average molecular weight is 527 g/mol. The van der Waals surface area contributed by atoms with Crippen LogP contribution in [0.15, 0.2) is 131 Å². The fourth-order valence-corrected chi connectivity index (χ4v) is 9.64. The molecule has 38 heavy (non-hydrogen) atoms. The van der Waals surface area contributed by atoms with Gasteiger partial charge in [-0.1, -0.05) is 48.5 Å². The number of aromatic nitrogens is 1. The molecule has 5 aromatic carbocycles. The van der Waals surface area contributed by atoms with Gasteiger partial charge >= 0.3 is 0 Å². The van der Waals surface area contributed by atoms with Crippen molar-refractivity contribution in [1.29, 1.82) is 0 Å². The quantitative estimate of drug-likeness (QED) is 0.217. The molecule has 2 aromatic heterocycles. The molecule has 0 radical (unpaired) electrons. The molecule has 2 nitrogen and oxygen atoms in total. The fourth-order valence-electron chi connectivity index (χ4n) is 6.09. The van der Waals surface area contributed by atoms with Crippen LogP contribution in [0, 0.1) is 0 Å². The lowest BCUT2D eigenvalue weighted by molar-refractivity contribution is 1.12. The number of nitrogens with zero attached hydrogens (tertiary/aromatic N) is 2. The lowest BCUT2D eigenvalue weighted by atomic mass is 10.1. The molecule has 0 N–H and O–H groups in total. The van der Waals surface area contributed by atoms with Gasteiger partial charge in [-0.3, -0.25) is 0 Å². The van der Waals surface area contributed by atoms with Crippen LogP contribution in [0.1, 0.15) is 0 Å². The first-order valence-electron chi connectivity index (χ1n) is 12.8. The Balaban J connectivity index is 1.30. The minimum Gasteiger partial charge on any atom is -0.316 e. The topological polar surface area (TPSA) is 8.17 Å². The van der Waals surface area contributed by atoms with Gasteiger partial charge in [0.2, 0.25) is 0 Å². The maximum Gasteiger partial charge on any atom is 0.0621 e. The van der Waals surface area contributed by atoms with Crippen molar-refractivity contribution in [3.05, 3.63) is 121 Å². The molecule has 4 heteroatoms. The van der Waals surface area contributed by atoms with Gasteiger partial charge in [-0.25, -0.2) is 0 Å². The Hall–Kier alpha value is -3.99. The van der Waals surface area contributed by atoms with E-state index in [9.17, 15) is 0 Å². The van der Waals surface area contributed by atoms with E-state index < -0.39 is 10.0 Å². The van der Waals surface area contributed by atoms with Gasteiger partial charge in [-0.2, -0.15) is 10.0 Å². The number of rotatable bonds is 2. The molecule has 0 saturated heterocycles. The highest BCUT2D eigenvalue weighted by molar-refractivity contribution is 8.33. The van der Waals surface area contributed by atoms with E-state index in [2.05, 4.69) is 143 Å². The van der Waals surface area contributed by atoms with Crippen LogP contribution in [0.4, 0.5) is 17.1 Å². The standard InChI is InChI=1S/C34H26N2S2/c1-38(2)31-13-7-4-10-27(31)36(28-11-5-8-14-32(28)38)25-18-16-24(17-19-25)35-22-21-23-15-20-30-33(34(23)35)26-9-3-6-12-29(26)37-30/h3-22H,1-2H3. The molecule has 1 aliphatic rings. The van der Waals surface area contributed by atoms with Gasteiger partial charge in [0.25, 0.3) is 0 Å². The Morgan fingerprint density at radius 2 is 1.21 bits per heavy atom. The second-order valence-corrected chi connectivity index (χ2v) is 14.9. The molecule has 0 bridgehead atoms. The van der Waals surface area contributed by atoms with Gasteiger partial charge in [0, 0.05) is 52.9 Å². The van der Waals surface area contributed by atoms with Gasteiger partial charge in [0.1, 0.15) is 0 Å². The van der Waals surface area contributed by atoms with Crippen molar-refractivity contribution in [3.63, 3.8) is 0 Å². The van der Waals surface area contributed by atoms with Gasteiger partial charge in [0.15, 0.2) is 0 Å². The first kappa shape index (κ1) is 22.0. The van der Waals surface area contributed by atoms with Crippen molar-refractivity contribution >= 4 is 69.5 Å². The van der Waals surface area contributed by atoms with Crippen LogP contribution in [-0.4, -0.2) is 17.1 Å². The fraction of sp³-hybridized carbons (Fsp3) is 0.0588. The maximum absolute atomic E-state index is 2.44. The molecule has 0 fully saturated rings. The summed E-state index contributed by atoms with van der Waals surface area (Å²) in [7, 11) is -1.09.